The van der Waals surface area contributed by atoms with Gasteiger partial charge in [-0.05, 0) is 51.8 Å². The summed E-state index contributed by atoms with van der Waals surface area (Å²) < 4.78 is 14.7. The Balaban J connectivity index is 2.12. The van der Waals surface area contributed by atoms with Crippen LogP contribution in [-0.2, 0) is 6.54 Å². The highest BCUT2D eigenvalue weighted by atomic mass is 79.9. The number of hydrogen-bond donors (Lipinski definition) is 1. The number of anilines is 1. The molecule has 0 atom stereocenters. The Morgan fingerprint density at radius 2 is 2.06 bits per heavy atom. The maximum Gasteiger partial charge on any atom is 0.129 e. The van der Waals surface area contributed by atoms with E-state index in [2.05, 4.69) is 42.2 Å². The van der Waals surface area contributed by atoms with Crippen molar-refractivity contribution < 1.29 is 4.39 Å². The molecule has 1 N–H and O–H groups in total. The lowest BCUT2D eigenvalue weighted by molar-refractivity contribution is 0.625. The van der Waals surface area contributed by atoms with E-state index in [1.807, 2.05) is 12.1 Å². The van der Waals surface area contributed by atoms with Crippen LogP contribution in [0.2, 0.25) is 0 Å². The van der Waals surface area contributed by atoms with Crippen LogP contribution < -0.4 is 5.32 Å². The average molecular weight is 360 g/mol. The van der Waals surface area contributed by atoms with E-state index in [9.17, 15) is 4.39 Å². The van der Waals surface area contributed by atoms with Crippen LogP contribution in [0, 0.1) is 5.82 Å². The Morgan fingerprint density at radius 1 is 1.24 bits per heavy atom. The van der Waals surface area contributed by atoms with Crippen LogP contribution >= 0.6 is 31.9 Å². The summed E-state index contributed by atoms with van der Waals surface area (Å²) >= 11 is 6.73. The van der Waals surface area contributed by atoms with E-state index in [4.69, 9.17) is 0 Å². The van der Waals surface area contributed by atoms with E-state index in [0.29, 0.717) is 6.54 Å². The minimum Gasteiger partial charge on any atom is -0.379 e. The first-order valence-electron chi connectivity index (χ1n) is 4.95. The monoisotopic (exact) mass is 358 g/mol. The smallest absolute Gasteiger partial charge is 0.129 e. The summed E-state index contributed by atoms with van der Waals surface area (Å²) in [7, 11) is 0. The number of benzene rings is 1. The fourth-order valence-corrected chi connectivity index (χ4v) is 2.16. The van der Waals surface area contributed by atoms with Gasteiger partial charge in [0.1, 0.15) is 10.4 Å². The summed E-state index contributed by atoms with van der Waals surface area (Å²) in [6, 6.07) is 8.37. The van der Waals surface area contributed by atoms with E-state index in [-0.39, 0.29) is 5.82 Å². The van der Waals surface area contributed by atoms with Gasteiger partial charge in [-0.1, -0.05) is 15.9 Å². The third kappa shape index (κ3) is 3.26. The average Bonchev–Trinajstić information content (AvgIpc) is 2.32. The number of halogens is 3. The van der Waals surface area contributed by atoms with E-state index >= 15 is 0 Å². The predicted molar refractivity (Wildman–Crippen MR) is 73.4 cm³/mol. The second kappa shape index (κ2) is 5.60. The largest absolute Gasteiger partial charge is 0.379 e. The molecule has 17 heavy (non-hydrogen) atoms. The molecule has 0 bridgehead atoms. The molecule has 2 nitrogen and oxygen atoms in total. The van der Waals surface area contributed by atoms with Crippen LogP contribution in [0.15, 0.2) is 45.6 Å². The Kier molecular flexibility index (Phi) is 4.12. The number of nitrogens with zero attached hydrogens (tertiary/aromatic N) is 1. The van der Waals surface area contributed by atoms with Gasteiger partial charge in [0.05, 0.1) is 5.69 Å². The molecule has 0 aliphatic rings. The first-order valence-corrected chi connectivity index (χ1v) is 6.54. The highest BCUT2D eigenvalue weighted by molar-refractivity contribution is 9.10. The molecule has 0 saturated carbocycles. The van der Waals surface area contributed by atoms with Crippen molar-refractivity contribution >= 4 is 37.5 Å². The van der Waals surface area contributed by atoms with Gasteiger partial charge in [0.2, 0.25) is 0 Å². The Morgan fingerprint density at radius 3 is 2.82 bits per heavy atom. The molecule has 88 valence electrons. The molecule has 1 aromatic carbocycles. The molecule has 2 rings (SSSR count). The van der Waals surface area contributed by atoms with Gasteiger partial charge in [0, 0.05) is 17.2 Å². The molecule has 0 saturated heterocycles. The van der Waals surface area contributed by atoms with Gasteiger partial charge in [-0.2, -0.15) is 0 Å². The van der Waals surface area contributed by atoms with Crippen LogP contribution in [0.1, 0.15) is 5.56 Å². The number of hydrogen-bond acceptors (Lipinski definition) is 2. The molecular formula is C12H9Br2FN2. The van der Waals surface area contributed by atoms with Gasteiger partial charge in [-0.3, -0.25) is 0 Å². The van der Waals surface area contributed by atoms with Crippen LogP contribution in [0.4, 0.5) is 10.1 Å². The normalized spacial score (nSPS) is 10.3. The van der Waals surface area contributed by atoms with E-state index in [1.165, 1.54) is 12.1 Å². The maximum absolute atomic E-state index is 13.1. The van der Waals surface area contributed by atoms with Crippen molar-refractivity contribution in [2.75, 3.05) is 5.32 Å². The van der Waals surface area contributed by atoms with Crippen molar-refractivity contribution in [1.82, 2.24) is 4.98 Å². The highest BCUT2D eigenvalue weighted by Crippen LogP contribution is 2.22. The molecular weight excluding hydrogens is 351 g/mol. The molecule has 0 radical (unpaired) electrons. The van der Waals surface area contributed by atoms with Crippen molar-refractivity contribution in [3.63, 3.8) is 0 Å². The number of aromatic nitrogens is 1. The fraction of sp³-hybridized carbons (Fsp3) is 0.0833. The zero-order valence-corrected chi connectivity index (χ0v) is 11.9. The highest BCUT2D eigenvalue weighted by Gasteiger charge is 2.03. The van der Waals surface area contributed by atoms with Gasteiger partial charge >= 0.3 is 0 Å². The lowest BCUT2D eigenvalue weighted by atomic mass is 10.2. The fourth-order valence-electron chi connectivity index (χ4n) is 1.39. The van der Waals surface area contributed by atoms with Crippen molar-refractivity contribution in [3.05, 3.63) is 57.0 Å². The Labute approximate surface area is 116 Å². The lowest BCUT2D eigenvalue weighted by Crippen LogP contribution is -2.01. The third-order valence-electron chi connectivity index (χ3n) is 2.24. The Bertz CT molecular complexity index is 532. The summed E-state index contributed by atoms with van der Waals surface area (Å²) in [6.07, 6.45) is 1.70. The predicted octanol–water partition coefficient (Wildman–Crippen LogP) is 4.36. The first kappa shape index (κ1) is 12.5. The van der Waals surface area contributed by atoms with Crippen LogP contribution in [0.5, 0.6) is 0 Å². The van der Waals surface area contributed by atoms with Crippen molar-refractivity contribution in [2.24, 2.45) is 0 Å². The van der Waals surface area contributed by atoms with Gasteiger partial charge in [-0.25, -0.2) is 9.37 Å². The van der Waals surface area contributed by atoms with Crippen LogP contribution in [0.25, 0.3) is 0 Å². The van der Waals surface area contributed by atoms with Crippen molar-refractivity contribution in [3.8, 4) is 0 Å². The second-order valence-electron chi connectivity index (χ2n) is 3.43. The summed E-state index contributed by atoms with van der Waals surface area (Å²) in [4.78, 5) is 4.10. The zero-order valence-electron chi connectivity index (χ0n) is 8.75. The molecule has 1 aromatic heterocycles. The molecule has 2 aromatic rings. The maximum atomic E-state index is 13.1. The molecule has 0 amide bonds. The summed E-state index contributed by atoms with van der Waals surface area (Å²) in [5.41, 5.74) is 1.74. The third-order valence-corrected chi connectivity index (χ3v) is 3.64. The zero-order chi connectivity index (χ0) is 12.3. The minimum absolute atomic E-state index is 0.241. The second-order valence-corrected chi connectivity index (χ2v) is 5.04. The number of nitrogens with one attached hydrogen (secondary N) is 1. The Hall–Kier alpha value is -0.940. The molecule has 0 spiro atoms. The topological polar surface area (TPSA) is 24.9 Å². The number of rotatable bonds is 3. The quantitative estimate of drug-likeness (QED) is 0.823. The van der Waals surface area contributed by atoms with E-state index in [1.54, 1.807) is 12.3 Å². The lowest BCUT2D eigenvalue weighted by Gasteiger charge is -2.09. The van der Waals surface area contributed by atoms with Gasteiger partial charge in [-0.15, -0.1) is 0 Å². The minimum atomic E-state index is -0.241. The molecule has 0 fully saturated rings. The van der Waals surface area contributed by atoms with Crippen LogP contribution in [-0.4, -0.2) is 4.98 Å². The van der Waals surface area contributed by atoms with Gasteiger partial charge in [0.25, 0.3) is 0 Å². The number of pyridine rings is 1. The molecule has 0 aliphatic heterocycles. The first-order chi connectivity index (χ1) is 8.16. The molecule has 0 aliphatic carbocycles. The SMILES string of the molecule is Fc1ccc(Br)c(CNc2cccnc2Br)c1. The van der Waals surface area contributed by atoms with Gasteiger partial charge in [0.15, 0.2) is 0 Å². The van der Waals surface area contributed by atoms with Crippen molar-refractivity contribution in [1.29, 1.82) is 0 Å². The molecule has 1 heterocycles. The standard InChI is InChI=1S/C12H9Br2FN2/c13-10-4-3-9(15)6-8(10)7-17-11-2-1-5-16-12(11)14/h1-6,17H,7H2. The van der Waals surface area contributed by atoms with Crippen molar-refractivity contribution in [2.45, 2.75) is 6.54 Å². The summed E-state index contributed by atoms with van der Waals surface area (Å²) in [5.74, 6) is -0.241. The van der Waals surface area contributed by atoms with E-state index < -0.39 is 0 Å². The molecule has 5 heteroatoms. The van der Waals surface area contributed by atoms with E-state index in [0.717, 1.165) is 20.3 Å². The summed E-state index contributed by atoms with van der Waals surface area (Å²) in [5, 5.41) is 3.19. The van der Waals surface area contributed by atoms with Crippen LogP contribution in [0.3, 0.4) is 0 Å². The van der Waals surface area contributed by atoms with Gasteiger partial charge < -0.3 is 5.32 Å². The molecule has 0 unspecified atom stereocenters. The summed E-state index contributed by atoms with van der Waals surface area (Å²) in [6.45, 7) is 0.530.